The van der Waals surface area contributed by atoms with Crippen molar-refractivity contribution in [2.24, 2.45) is 0 Å². The van der Waals surface area contributed by atoms with Crippen molar-refractivity contribution in [2.75, 3.05) is 39.3 Å². The second kappa shape index (κ2) is 5.29. The Bertz CT molecular complexity index is 102. The number of aliphatic hydroxyl groups is 1. The maximum atomic E-state index is 8.61. The molecule has 66 valence electrons. The van der Waals surface area contributed by atoms with E-state index in [0.717, 1.165) is 39.1 Å². The van der Waals surface area contributed by atoms with Gasteiger partial charge in [0.1, 0.15) is 0 Å². The predicted molar refractivity (Wildman–Crippen MR) is 53.7 cm³/mol. The molecule has 0 bridgehead atoms. The number of aliphatic hydroxyl groups excluding tert-OH is 1. The summed E-state index contributed by atoms with van der Waals surface area (Å²) in [6.07, 6.45) is 0.918. The lowest BCUT2D eigenvalue weighted by Crippen LogP contribution is -2.42. The fourth-order valence-electron chi connectivity index (χ4n) is 1.24. The summed E-state index contributed by atoms with van der Waals surface area (Å²) in [6.45, 7) is 6.01. The van der Waals surface area contributed by atoms with Crippen molar-refractivity contribution in [1.82, 2.24) is 8.01 Å². The maximum Gasteiger partial charge on any atom is 0.0443 e. The third-order valence-electron chi connectivity index (χ3n) is 1.95. The van der Waals surface area contributed by atoms with Crippen LogP contribution in [-0.4, -0.2) is 52.5 Å². The number of nitrogens with zero attached hydrogens (tertiary/aromatic N) is 2. The van der Waals surface area contributed by atoms with Crippen molar-refractivity contribution in [1.29, 1.82) is 0 Å². The Morgan fingerprint density at radius 1 is 1.18 bits per heavy atom. The smallest absolute Gasteiger partial charge is 0.0443 e. The van der Waals surface area contributed by atoms with Crippen LogP contribution in [0.3, 0.4) is 0 Å². The molecule has 11 heavy (non-hydrogen) atoms. The lowest BCUT2D eigenvalue weighted by atomic mass is 10.3. The van der Waals surface area contributed by atoms with Crippen LogP contribution < -0.4 is 0 Å². The molecule has 0 atom stereocenters. The van der Waals surface area contributed by atoms with E-state index < -0.39 is 0 Å². The Balaban J connectivity index is 2.07. The van der Waals surface area contributed by atoms with E-state index in [9.17, 15) is 0 Å². The van der Waals surface area contributed by atoms with Gasteiger partial charge in [-0.15, -0.1) is 0 Å². The van der Waals surface area contributed by atoms with Crippen LogP contribution in [0, 0.1) is 0 Å². The van der Waals surface area contributed by atoms with E-state index in [1.807, 2.05) is 0 Å². The number of halogens is 1. The van der Waals surface area contributed by atoms with E-state index in [2.05, 4.69) is 30.9 Å². The van der Waals surface area contributed by atoms with Crippen LogP contribution in [0.15, 0.2) is 0 Å². The summed E-state index contributed by atoms with van der Waals surface area (Å²) < 4.78 is 2.31. The van der Waals surface area contributed by atoms with Gasteiger partial charge in [0, 0.05) is 62.2 Å². The lowest BCUT2D eigenvalue weighted by molar-refractivity contribution is 0.183. The third kappa shape index (κ3) is 3.68. The molecule has 3 nitrogen and oxygen atoms in total. The van der Waals surface area contributed by atoms with Gasteiger partial charge in [-0.05, 0) is 6.42 Å². The van der Waals surface area contributed by atoms with Gasteiger partial charge in [-0.2, -0.15) is 0 Å². The first-order chi connectivity index (χ1) is 5.33. The maximum absolute atomic E-state index is 8.61. The average Bonchev–Trinajstić information content (AvgIpc) is 2.04. The van der Waals surface area contributed by atoms with Crippen molar-refractivity contribution in [2.45, 2.75) is 6.42 Å². The largest absolute Gasteiger partial charge is 0.396 e. The molecule has 0 aromatic carbocycles. The highest BCUT2D eigenvalue weighted by atomic mass is 127. The normalized spacial score (nSPS) is 22.4. The quantitative estimate of drug-likeness (QED) is 0.591. The van der Waals surface area contributed by atoms with E-state index in [0.29, 0.717) is 6.61 Å². The van der Waals surface area contributed by atoms with Gasteiger partial charge in [0.2, 0.25) is 0 Å². The van der Waals surface area contributed by atoms with E-state index >= 15 is 0 Å². The van der Waals surface area contributed by atoms with Crippen LogP contribution in [0.5, 0.6) is 0 Å². The number of rotatable bonds is 3. The lowest BCUT2D eigenvalue weighted by Gasteiger charge is -2.30. The van der Waals surface area contributed by atoms with Crippen LogP contribution >= 0.6 is 22.9 Å². The Kier molecular flexibility index (Phi) is 4.66. The molecule has 4 heteroatoms. The van der Waals surface area contributed by atoms with E-state index in [4.69, 9.17) is 5.11 Å². The van der Waals surface area contributed by atoms with Crippen molar-refractivity contribution in [3.8, 4) is 0 Å². The van der Waals surface area contributed by atoms with Gasteiger partial charge < -0.3 is 10.0 Å². The van der Waals surface area contributed by atoms with Crippen LogP contribution in [0.2, 0.25) is 0 Å². The van der Waals surface area contributed by atoms with E-state index in [1.165, 1.54) is 0 Å². The highest BCUT2D eigenvalue weighted by Crippen LogP contribution is 2.05. The van der Waals surface area contributed by atoms with Gasteiger partial charge in [0.15, 0.2) is 0 Å². The summed E-state index contributed by atoms with van der Waals surface area (Å²) in [5.74, 6) is 0. The molecule has 1 fully saturated rings. The molecule has 1 aliphatic rings. The van der Waals surface area contributed by atoms with Crippen molar-refractivity contribution < 1.29 is 5.11 Å². The van der Waals surface area contributed by atoms with Crippen LogP contribution in [0.1, 0.15) is 6.42 Å². The monoisotopic (exact) mass is 270 g/mol. The molecule has 0 amide bonds. The van der Waals surface area contributed by atoms with Gasteiger partial charge in [-0.25, -0.2) is 3.11 Å². The Morgan fingerprint density at radius 2 is 1.82 bits per heavy atom. The highest BCUT2D eigenvalue weighted by Gasteiger charge is 2.13. The first kappa shape index (κ1) is 9.70. The molecule has 0 aromatic heterocycles. The number of hydrogen-bond acceptors (Lipinski definition) is 3. The molecule has 0 saturated carbocycles. The Morgan fingerprint density at radius 3 is 2.36 bits per heavy atom. The molecule has 0 unspecified atom stereocenters. The van der Waals surface area contributed by atoms with Crippen molar-refractivity contribution in [3.05, 3.63) is 0 Å². The summed E-state index contributed by atoms with van der Waals surface area (Å²) >= 11 is 2.36. The Hall–Kier alpha value is 0.610. The second-order valence-corrected chi connectivity index (χ2v) is 4.19. The molecule has 0 aliphatic carbocycles. The topological polar surface area (TPSA) is 26.7 Å². The molecule has 1 aliphatic heterocycles. The molecule has 1 saturated heterocycles. The minimum Gasteiger partial charge on any atom is -0.396 e. The standard InChI is InChI=1S/C7H15IN2O/c8-10-5-3-9(4-6-10)2-1-7-11/h11H,1-7H2. The second-order valence-electron chi connectivity index (χ2n) is 2.83. The fraction of sp³-hybridized carbons (Fsp3) is 1.00. The zero-order chi connectivity index (χ0) is 8.10. The minimum absolute atomic E-state index is 0.324. The Labute approximate surface area is 81.9 Å². The number of hydrogen-bond donors (Lipinski definition) is 1. The van der Waals surface area contributed by atoms with Crippen molar-refractivity contribution >= 4 is 22.9 Å². The summed E-state index contributed by atoms with van der Waals surface area (Å²) in [5, 5.41) is 8.61. The SMILES string of the molecule is OCCCN1CCN(I)CC1. The van der Waals surface area contributed by atoms with Crippen LogP contribution in [-0.2, 0) is 0 Å². The van der Waals surface area contributed by atoms with E-state index in [-0.39, 0.29) is 0 Å². The van der Waals surface area contributed by atoms with Crippen LogP contribution in [0.4, 0.5) is 0 Å². The summed E-state index contributed by atoms with van der Waals surface area (Å²) in [6, 6.07) is 0. The zero-order valence-corrected chi connectivity index (χ0v) is 8.83. The first-order valence-electron chi connectivity index (χ1n) is 4.07. The fourth-order valence-corrected chi connectivity index (χ4v) is 1.67. The third-order valence-corrected chi connectivity index (χ3v) is 2.92. The van der Waals surface area contributed by atoms with Gasteiger partial charge in [-0.1, -0.05) is 0 Å². The van der Waals surface area contributed by atoms with Gasteiger partial charge >= 0.3 is 0 Å². The van der Waals surface area contributed by atoms with E-state index in [1.54, 1.807) is 0 Å². The minimum atomic E-state index is 0.324. The average molecular weight is 270 g/mol. The first-order valence-corrected chi connectivity index (χ1v) is 5.03. The summed E-state index contributed by atoms with van der Waals surface area (Å²) in [5.41, 5.74) is 0. The number of piperazine rings is 1. The zero-order valence-electron chi connectivity index (χ0n) is 6.67. The summed E-state index contributed by atoms with van der Waals surface area (Å²) in [7, 11) is 0. The van der Waals surface area contributed by atoms with Crippen LogP contribution in [0.25, 0.3) is 0 Å². The summed E-state index contributed by atoms with van der Waals surface area (Å²) in [4.78, 5) is 2.41. The molecular formula is C7H15IN2O. The molecule has 1 heterocycles. The molecule has 1 N–H and O–H groups in total. The molecule has 0 spiro atoms. The predicted octanol–water partition coefficient (Wildman–Crippen LogP) is 0.336. The highest BCUT2D eigenvalue weighted by molar-refractivity contribution is 14.1. The van der Waals surface area contributed by atoms with Gasteiger partial charge in [-0.3, -0.25) is 0 Å². The molecule has 1 rings (SSSR count). The molecule has 0 radical (unpaired) electrons. The molecule has 0 aromatic rings. The van der Waals surface area contributed by atoms with Gasteiger partial charge in [0.05, 0.1) is 0 Å². The van der Waals surface area contributed by atoms with Crippen molar-refractivity contribution in [3.63, 3.8) is 0 Å². The van der Waals surface area contributed by atoms with Gasteiger partial charge in [0.25, 0.3) is 0 Å². The molecular weight excluding hydrogens is 255 g/mol.